The quantitative estimate of drug-likeness (QED) is 0.729. The van der Waals surface area contributed by atoms with Crippen LogP contribution < -0.4 is 9.80 Å². The van der Waals surface area contributed by atoms with Crippen LogP contribution in [-0.4, -0.2) is 23.0 Å². The molecule has 27 heavy (non-hydrogen) atoms. The number of para-hydroxylation sites is 1. The minimum Gasteiger partial charge on any atom is -0.283 e. The minimum absolute atomic E-state index is 0.187. The van der Waals surface area contributed by atoms with E-state index in [0.717, 1.165) is 10.5 Å². The third-order valence-corrected chi connectivity index (χ3v) is 6.84. The second-order valence-corrected chi connectivity index (χ2v) is 8.63. The topological polar surface area (TPSA) is 57.7 Å². The molecule has 0 saturated carbocycles. The number of carbonyl (C=O) groups excluding carboxylic acids is 3. The van der Waals surface area contributed by atoms with E-state index in [4.69, 9.17) is 11.6 Å². The van der Waals surface area contributed by atoms with Crippen LogP contribution in [0.25, 0.3) is 0 Å². The Morgan fingerprint density at radius 2 is 1.89 bits per heavy atom. The monoisotopic (exact) mass is 400 g/mol. The van der Waals surface area contributed by atoms with Crippen molar-refractivity contribution in [2.75, 3.05) is 9.80 Å². The summed E-state index contributed by atoms with van der Waals surface area (Å²) < 4.78 is 0. The zero-order valence-electron chi connectivity index (χ0n) is 15.0. The van der Waals surface area contributed by atoms with Crippen LogP contribution in [0.5, 0.6) is 0 Å². The molecule has 5 nitrogen and oxygen atoms in total. The lowest BCUT2D eigenvalue weighted by molar-refractivity contribution is -0.128. The van der Waals surface area contributed by atoms with Gasteiger partial charge in [-0.1, -0.05) is 35.9 Å². The number of hydrogen-bond acceptors (Lipinski definition) is 4. The molecule has 2 heterocycles. The second-order valence-electron chi connectivity index (χ2n) is 6.69. The summed E-state index contributed by atoms with van der Waals surface area (Å²) in [6, 6.07) is 12.4. The summed E-state index contributed by atoms with van der Waals surface area (Å²) >= 11 is 7.55. The molecule has 1 saturated heterocycles. The van der Waals surface area contributed by atoms with Gasteiger partial charge in [0.05, 0.1) is 10.9 Å². The van der Waals surface area contributed by atoms with E-state index in [1.54, 1.807) is 37.3 Å². The average molecular weight is 401 g/mol. The Balaban J connectivity index is 1.99. The Kier molecular flexibility index (Phi) is 4.09. The lowest BCUT2D eigenvalue weighted by atomic mass is 10.0. The summed E-state index contributed by atoms with van der Waals surface area (Å²) in [5.41, 5.74) is 2.59. The van der Waals surface area contributed by atoms with E-state index in [2.05, 4.69) is 0 Å². The Hall–Kier alpha value is -2.31. The molecule has 2 aliphatic heterocycles. The van der Waals surface area contributed by atoms with E-state index >= 15 is 0 Å². The number of hydrogen-bond donors (Lipinski definition) is 0. The first-order chi connectivity index (χ1) is 12.8. The second kappa shape index (κ2) is 6.11. The van der Waals surface area contributed by atoms with Crippen LogP contribution in [-0.2, 0) is 19.3 Å². The van der Waals surface area contributed by atoms with Crippen molar-refractivity contribution in [2.24, 2.45) is 0 Å². The number of benzene rings is 2. The average Bonchev–Trinajstić information content (AvgIpc) is 3.03. The van der Waals surface area contributed by atoms with E-state index in [-0.39, 0.29) is 11.8 Å². The molecular weight excluding hydrogens is 384 g/mol. The van der Waals surface area contributed by atoms with Gasteiger partial charge >= 0.3 is 0 Å². The van der Waals surface area contributed by atoms with Gasteiger partial charge in [0.15, 0.2) is 0 Å². The summed E-state index contributed by atoms with van der Waals surface area (Å²) in [4.78, 5) is 40.2. The Labute approximate surface area is 166 Å². The predicted octanol–water partition coefficient (Wildman–Crippen LogP) is 3.86. The van der Waals surface area contributed by atoms with Crippen LogP contribution in [0.4, 0.5) is 11.4 Å². The molecule has 7 heteroatoms. The highest BCUT2D eigenvalue weighted by molar-refractivity contribution is 8.03. The number of nitrogens with zero attached hydrogens (tertiary/aromatic N) is 2. The first kappa shape index (κ1) is 18.1. The Morgan fingerprint density at radius 1 is 1.19 bits per heavy atom. The fraction of sp³-hybridized carbons (Fsp3) is 0.250. The minimum atomic E-state index is -1.31. The molecule has 0 bridgehead atoms. The van der Waals surface area contributed by atoms with Gasteiger partial charge in [-0.25, -0.2) is 4.90 Å². The predicted molar refractivity (Wildman–Crippen MR) is 107 cm³/mol. The van der Waals surface area contributed by atoms with Crippen molar-refractivity contribution >= 4 is 52.5 Å². The molecule has 1 fully saturated rings. The van der Waals surface area contributed by atoms with E-state index in [0.29, 0.717) is 22.0 Å². The SMILES string of the molecule is CC(=O)N1C(=O)[C@]2(S[C@H](C)C(=O)N2c2ccc(C)c(Cl)c2)c2ccccc21. The standard InChI is InChI=1S/C20H17ClN2O3S/c1-11-8-9-14(10-16(11)21)23-18(25)12(2)27-20(23)15-6-4-5-7-17(15)22(13(3)24)19(20)26/h4-10,12H,1-3H3/t12-,20-/m1/s1. The van der Waals surface area contributed by atoms with Crippen LogP contribution in [0.2, 0.25) is 5.02 Å². The van der Waals surface area contributed by atoms with Gasteiger partial charge < -0.3 is 0 Å². The number of imide groups is 1. The first-order valence-corrected chi connectivity index (χ1v) is 9.77. The molecule has 138 valence electrons. The number of fused-ring (bicyclic) bond motifs is 2. The zero-order chi connectivity index (χ0) is 19.5. The fourth-order valence-electron chi connectivity index (χ4n) is 3.70. The number of carbonyl (C=O) groups is 3. The largest absolute Gasteiger partial charge is 0.283 e. The summed E-state index contributed by atoms with van der Waals surface area (Å²) in [5, 5.41) is 0.0798. The van der Waals surface area contributed by atoms with Gasteiger partial charge in [0.2, 0.25) is 16.7 Å². The van der Waals surface area contributed by atoms with Gasteiger partial charge in [-0.05, 0) is 37.6 Å². The molecular formula is C20H17ClN2O3S. The third kappa shape index (κ3) is 2.36. The summed E-state index contributed by atoms with van der Waals surface area (Å²) in [7, 11) is 0. The molecule has 2 aromatic rings. The van der Waals surface area contributed by atoms with Gasteiger partial charge in [-0.15, -0.1) is 11.8 Å². The van der Waals surface area contributed by atoms with Crippen LogP contribution in [0.15, 0.2) is 42.5 Å². The van der Waals surface area contributed by atoms with Gasteiger partial charge in [0.1, 0.15) is 0 Å². The maximum absolute atomic E-state index is 13.5. The number of halogens is 1. The highest BCUT2D eigenvalue weighted by Crippen LogP contribution is 2.57. The van der Waals surface area contributed by atoms with E-state index in [1.807, 2.05) is 19.1 Å². The Morgan fingerprint density at radius 3 is 2.56 bits per heavy atom. The summed E-state index contributed by atoms with van der Waals surface area (Å²) in [6.45, 7) is 5.00. The zero-order valence-corrected chi connectivity index (χ0v) is 16.6. The molecule has 0 N–H and O–H groups in total. The maximum atomic E-state index is 13.5. The van der Waals surface area contributed by atoms with Gasteiger partial charge in [-0.3, -0.25) is 19.3 Å². The number of rotatable bonds is 1. The van der Waals surface area contributed by atoms with Crippen molar-refractivity contribution in [2.45, 2.75) is 30.9 Å². The molecule has 0 unspecified atom stereocenters. The van der Waals surface area contributed by atoms with Crippen LogP contribution in [0.3, 0.4) is 0 Å². The first-order valence-electron chi connectivity index (χ1n) is 8.51. The van der Waals surface area contributed by atoms with Crippen LogP contribution in [0, 0.1) is 6.92 Å². The normalized spacial score (nSPS) is 24.1. The molecule has 0 aromatic heterocycles. The van der Waals surface area contributed by atoms with Crippen LogP contribution >= 0.6 is 23.4 Å². The van der Waals surface area contributed by atoms with Crippen molar-refractivity contribution in [3.05, 3.63) is 58.6 Å². The van der Waals surface area contributed by atoms with Crippen LogP contribution in [0.1, 0.15) is 25.0 Å². The third-order valence-electron chi connectivity index (χ3n) is 4.96. The molecule has 2 aliphatic rings. The summed E-state index contributed by atoms with van der Waals surface area (Å²) in [5.74, 6) is -0.983. The van der Waals surface area contributed by atoms with Crippen molar-refractivity contribution in [1.29, 1.82) is 0 Å². The van der Waals surface area contributed by atoms with E-state index < -0.39 is 16.0 Å². The molecule has 2 aromatic carbocycles. The number of thioether (sulfide) groups is 1. The Bertz CT molecular complexity index is 1010. The lowest BCUT2D eigenvalue weighted by Crippen LogP contribution is -2.50. The maximum Gasteiger partial charge on any atom is 0.275 e. The number of aryl methyl sites for hydroxylation is 1. The fourth-order valence-corrected chi connectivity index (χ4v) is 5.38. The smallest absolute Gasteiger partial charge is 0.275 e. The molecule has 3 amide bonds. The van der Waals surface area contributed by atoms with Gasteiger partial charge in [0, 0.05) is 23.2 Å². The highest BCUT2D eigenvalue weighted by atomic mass is 35.5. The number of anilines is 2. The van der Waals surface area contributed by atoms with E-state index in [9.17, 15) is 14.4 Å². The molecule has 2 atom stereocenters. The summed E-state index contributed by atoms with van der Waals surface area (Å²) in [6.07, 6.45) is 0. The molecule has 0 aliphatic carbocycles. The van der Waals surface area contributed by atoms with Crippen molar-refractivity contribution in [1.82, 2.24) is 0 Å². The highest BCUT2D eigenvalue weighted by Gasteiger charge is 2.63. The van der Waals surface area contributed by atoms with Gasteiger partial charge in [0.25, 0.3) is 5.91 Å². The van der Waals surface area contributed by atoms with Crippen molar-refractivity contribution in [3.8, 4) is 0 Å². The molecule has 1 spiro atoms. The number of amides is 3. The molecule has 4 rings (SSSR count). The van der Waals surface area contributed by atoms with E-state index in [1.165, 1.54) is 23.6 Å². The van der Waals surface area contributed by atoms with Crippen molar-refractivity contribution in [3.63, 3.8) is 0 Å². The van der Waals surface area contributed by atoms with Crippen molar-refractivity contribution < 1.29 is 14.4 Å². The van der Waals surface area contributed by atoms with Gasteiger partial charge in [-0.2, -0.15) is 0 Å². The molecule has 0 radical (unpaired) electrons. The lowest BCUT2D eigenvalue weighted by Gasteiger charge is -2.33.